The summed E-state index contributed by atoms with van der Waals surface area (Å²) in [6.07, 6.45) is 1.61. The van der Waals surface area contributed by atoms with Crippen molar-refractivity contribution in [2.24, 2.45) is 0 Å². The van der Waals surface area contributed by atoms with Crippen molar-refractivity contribution in [3.05, 3.63) is 65.5 Å². The quantitative estimate of drug-likeness (QED) is 0.597. The van der Waals surface area contributed by atoms with Gasteiger partial charge in [-0.3, -0.25) is 4.79 Å². The summed E-state index contributed by atoms with van der Waals surface area (Å²) in [5, 5.41) is 22.1. The second-order valence-electron chi connectivity index (χ2n) is 6.91. The van der Waals surface area contributed by atoms with Crippen LogP contribution in [0.5, 0.6) is 17.2 Å². The average molecular weight is 408 g/mol. The highest BCUT2D eigenvalue weighted by Crippen LogP contribution is 2.43. The number of carbonyl (C=O) groups is 2. The minimum atomic E-state index is -1.15. The fourth-order valence-corrected chi connectivity index (χ4v) is 3.80. The molecule has 1 aromatic heterocycles. The number of carboxylic acid groups (broad SMARTS) is 1. The highest BCUT2D eigenvalue weighted by atomic mass is 16.5. The number of hydrogen-bond acceptors (Lipinski definition) is 5. The van der Waals surface area contributed by atoms with Crippen LogP contribution in [0.15, 0.2) is 48.7 Å². The number of nitrogens with zero attached hydrogens (tertiary/aromatic N) is 1. The number of carboxylic acids is 1. The summed E-state index contributed by atoms with van der Waals surface area (Å²) < 4.78 is 12.5. The first kappa shape index (κ1) is 19.4. The van der Waals surface area contributed by atoms with Crippen molar-refractivity contribution in [1.82, 2.24) is 4.57 Å². The molecule has 0 spiro atoms. The Labute approximate surface area is 172 Å². The number of carbonyl (C=O) groups excluding carboxylic acids is 1. The first-order valence-corrected chi connectivity index (χ1v) is 9.22. The normalized spacial score (nSPS) is 15.3. The minimum absolute atomic E-state index is 0.0216. The van der Waals surface area contributed by atoms with Crippen molar-refractivity contribution in [1.29, 1.82) is 0 Å². The van der Waals surface area contributed by atoms with Gasteiger partial charge in [0.05, 0.1) is 31.3 Å². The molecule has 0 fully saturated rings. The predicted octanol–water partition coefficient (Wildman–Crippen LogP) is 3.37. The molecular weight excluding hydrogens is 388 g/mol. The van der Waals surface area contributed by atoms with Crippen LogP contribution in [0, 0.1) is 0 Å². The maximum atomic E-state index is 12.4. The standard InChI is InChI=1S/C22H20N2O6/c1-29-14-7-8-18(30-2)17(9-14)24-11-16(22(27)28)20-21(24)15(10-19(26)23-20)12-3-5-13(25)6-4-12/h3-9,11,15,25H,10H2,1-2H3,(H,23,26)(H,27,28)/t15-/m1/s1. The van der Waals surface area contributed by atoms with Gasteiger partial charge in [-0.25, -0.2) is 4.79 Å². The monoisotopic (exact) mass is 408 g/mol. The predicted molar refractivity (Wildman–Crippen MR) is 109 cm³/mol. The highest BCUT2D eigenvalue weighted by Gasteiger charge is 2.35. The zero-order valence-corrected chi connectivity index (χ0v) is 16.4. The van der Waals surface area contributed by atoms with E-state index in [1.54, 1.807) is 54.1 Å². The molecule has 1 aliphatic heterocycles. The van der Waals surface area contributed by atoms with E-state index in [0.717, 1.165) is 5.56 Å². The zero-order valence-electron chi connectivity index (χ0n) is 16.4. The van der Waals surface area contributed by atoms with E-state index in [4.69, 9.17) is 9.47 Å². The first-order valence-electron chi connectivity index (χ1n) is 9.22. The number of rotatable bonds is 5. The van der Waals surface area contributed by atoms with Crippen LogP contribution < -0.4 is 14.8 Å². The molecule has 0 unspecified atom stereocenters. The van der Waals surface area contributed by atoms with E-state index in [1.165, 1.54) is 13.3 Å². The van der Waals surface area contributed by atoms with Crippen LogP contribution >= 0.6 is 0 Å². The summed E-state index contributed by atoms with van der Waals surface area (Å²) in [6.45, 7) is 0. The molecule has 1 aliphatic rings. The average Bonchev–Trinajstić information content (AvgIpc) is 3.12. The van der Waals surface area contributed by atoms with Crippen molar-refractivity contribution < 1.29 is 29.3 Å². The molecule has 0 saturated heterocycles. The molecule has 0 aliphatic carbocycles. The molecule has 4 rings (SSSR count). The van der Waals surface area contributed by atoms with E-state index >= 15 is 0 Å². The fourth-order valence-electron chi connectivity index (χ4n) is 3.80. The van der Waals surface area contributed by atoms with Gasteiger partial charge in [0, 0.05) is 24.6 Å². The number of amides is 1. The summed E-state index contributed by atoms with van der Waals surface area (Å²) in [4.78, 5) is 24.3. The van der Waals surface area contributed by atoms with Crippen LogP contribution in [0.25, 0.3) is 5.69 Å². The Hall–Kier alpha value is -3.94. The number of phenolic OH excluding ortho intramolecular Hbond substituents is 1. The molecule has 0 bridgehead atoms. The van der Waals surface area contributed by atoms with Gasteiger partial charge in [-0.05, 0) is 29.8 Å². The largest absolute Gasteiger partial charge is 0.508 e. The number of benzene rings is 2. The van der Waals surface area contributed by atoms with E-state index in [1.807, 2.05) is 0 Å². The minimum Gasteiger partial charge on any atom is -0.508 e. The van der Waals surface area contributed by atoms with Gasteiger partial charge in [-0.2, -0.15) is 0 Å². The van der Waals surface area contributed by atoms with Crippen molar-refractivity contribution in [3.63, 3.8) is 0 Å². The van der Waals surface area contributed by atoms with Crippen molar-refractivity contribution in [3.8, 4) is 22.9 Å². The summed E-state index contributed by atoms with van der Waals surface area (Å²) >= 11 is 0. The smallest absolute Gasteiger partial charge is 0.339 e. The fraction of sp³-hybridized carbons (Fsp3) is 0.182. The van der Waals surface area contributed by atoms with Crippen LogP contribution in [-0.4, -0.2) is 40.9 Å². The SMILES string of the molecule is COc1ccc(OC)c(-n2cc(C(=O)O)c3c2[C@@H](c2ccc(O)cc2)CC(=O)N3)c1. The van der Waals surface area contributed by atoms with Gasteiger partial charge in [0.2, 0.25) is 5.91 Å². The summed E-state index contributed by atoms with van der Waals surface area (Å²) in [6, 6.07) is 11.8. The lowest BCUT2D eigenvalue weighted by atomic mass is 9.88. The molecule has 0 saturated carbocycles. The second kappa shape index (κ2) is 7.47. The lowest BCUT2D eigenvalue weighted by Gasteiger charge is -2.26. The Morgan fingerprint density at radius 1 is 1.13 bits per heavy atom. The number of ether oxygens (including phenoxy) is 2. The van der Waals surface area contributed by atoms with Gasteiger partial charge in [0.1, 0.15) is 22.8 Å². The van der Waals surface area contributed by atoms with Crippen molar-refractivity contribution >= 4 is 17.6 Å². The number of aromatic nitrogens is 1. The number of fused-ring (bicyclic) bond motifs is 1. The lowest BCUT2D eigenvalue weighted by molar-refractivity contribution is -0.116. The molecule has 3 N–H and O–H groups in total. The van der Waals surface area contributed by atoms with Crippen molar-refractivity contribution in [2.75, 3.05) is 19.5 Å². The maximum Gasteiger partial charge on any atom is 0.339 e. The summed E-state index contributed by atoms with van der Waals surface area (Å²) in [5.41, 5.74) is 2.21. The number of anilines is 1. The highest BCUT2D eigenvalue weighted by molar-refractivity contribution is 6.04. The van der Waals surface area contributed by atoms with Gasteiger partial charge in [0.15, 0.2) is 0 Å². The van der Waals surface area contributed by atoms with Gasteiger partial charge >= 0.3 is 5.97 Å². The van der Waals surface area contributed by atoms with Crippen LogP contribution in [0.4, 0.5) is 5.69 Å². The number of aromatic hydroxyl groups is 1. The Morgan fingerprint density at radius 3 is 2.50 bits per heavy atom. The molecule has 154 valence electrons. The molecule has 8 nitrogen and oxygen atoms in total. The molecule has 1 atom stereocenters. The number of hydrogen-bond donors (Lipinski definition) is 3. The lowest BCUT2D eigenvalue weighted by Crippen LogP contribution is -2.25. The van der Waals surface area contributed by atoms with E-state index in [9.17, 15) is 19.8 Å². The zero-order chi connectivity index (χ0) is 21.4. The number of aromatic carboxylic acids is 1. The van der Waals surface area contributed by atoms with Gasteiger partial charge in [-0.1, -0.05) is 12.1 Å². The summed E-state index contributed by atoms with van der Waals surface area (Å²) in [5.74, 6) is -0.649. The van der Waals surface area contributed by atoms with Gasteiger partial charge in [-0.15, -0.1) is 0 Å². The van der Waals surface area contributed by atoms with E-state index < -0.39 is 11.9 Å². The maximum absolute atomic E-state index is 12.4. The van der Waals surface area contributed by atoms with Crippen molar-refractivity contribution in [2.45, 2.75) is 12.3 Å². The molecule has 2 heterocycles. The second-order valence-corrected chi connectivity index (χ2v) is 6.91. The van der Waals surface area contributed by atoms with Gasteiger partial charge < -0.3 is 29.6 Å². The Kier molecular flexibility index (Phi) is 4.83. The van der Waals surface area contributed by atoms with Gasteiger partial charge in [0.25, 0.3) is 0 Å². The molecule has 2 aromatic carbocycles. The third-order valence-corrected chi connectivity index (χ3v) is 5.20. The molecule has 30 heavy (non-hydrogen) atoms. The Balaban J connectivity index is 2.00. The first-order chi connectivity index (χ1) is 14.4. The Bertz CT molecular complexity index is 1130. The summed E-state index contributed by atoms with van der Waals surface area (Å²) in [7, 11) is 3.07. The molecule has 3 aromatic rings. The number of nitrogens with one attached hydrogen (secondary N) is 1. The van der Waals surface area contributed by atoms with E-state index in [0.29, 0.717) is 22.9 Å². The molecule has 1 amide bonds. The molecule has 0 radical (unpaired) electrons. The third-order valence-electron chi connectivity index (χ3n) is 5.20. The van der Waals surface area contributed by atoms with E-state index in [-0.39, 0.29) is 29.3 Å². The van der Waals surface area contributed by atoms with Crippen LogP contribution in [0.3, 0.4) is 0 Å². The number of methoxy groups -OCH3 is 2. The van der Waals surface area contributed by atoms with E-state index in [2.05, 4.69) is 5.32 Å². The van der Waals surface area contributed by atoms with Crippen LogP contribution in [-0.2, 0) is 4.79 Å². The Morgan fingerprint density at radius 2 is 1.87 bits per heavy atom. The van der Waals surface area contributed by atoms with Crippen LogP contribution in [0.1, 0.15) is 34.0 Å². The molecular formula is C22H20N2O6. The number of phenols is 1. The van der Waals surface area contributed by atoms with Crippen LogP contribution in [0.2, 0.25) is 0 Å². The topological polar surface area (TPSA) is 110 Å². The molecule has 8 heteroatoms. The third kappa shape index (κ3) is 3.22.